The van der Waals surface area contributed by atoms with Gasteiger partial charge in [0.25, 0.3) is 5.91 Å². The van der Waals surface area contributed by atoms with E-state index in [1.54, 1.807) is 31.2 Å². The summed E-state index contributed by atoms with van der Waals surface area (Å²) in [5, 5.41) is 5.24. The average molecular weight is 506 g/mol. The third kappa shape index (κ3) is 6.52. The minimum absolute atomic E-state index is 0.0723. The molecule has 0 aliphatic heterocycles. The van der Waals surface area contributed by atoms with E-state index in [-0.39, 0.29) is 22.8 Å². The monoisotopic (exact) mass is 505 g/mol. The Morgan fingerprint density at radius 1 is 1.09 bits per heavy atom. The van der Waals surface area contributed by atoms with Gasteiger partial charge in [0.2, 0.25) is 10.0 Å². The van der Waals surface area contributed by atoms with Crippen molar-refractivity contribution in [3.8, 4) is 5.75 Å². The van der Waals surface area contributed by atoms with Crippen LogP contribution in [-0.2, 0) is 26.1 Å². The Labute approximate surface area is 201 Å². The van der Waals surface area contributed by atoms with E-state index in [0.29, 0.717) is 28.1 Å². The van der Waals surface area contributed by atoms with Crippen LogP contribution in [0.3, 0.4) is 0 Å². The molecule has 182 valence electrons. The third-order valence-corrected chi connectivity index (χ3v) is 6.84. The lowest BCUT2D eigenvalue weighted by Crippen LogP contribution is -2.23. The molecule has 1 heterocycles. The standard InChI is InChI=1S/C23H27N3O6S2/c1-3-5-6-13-32-17-9-7-16(8-10-17)22(28)25-23-26(15-21(27)31-4-2)19-12-11-18(34(24,29)30)14-20(19)33-23/h7-12,14H,3-6,13,15H2,1-2H3,(H2,24,29,30). The molecule has 0 bridgehead atoms. The minimum Gasteiger partial charge on any atom is -0.494 e. The number of hydrogen-bond donors (Lipinski definition) is 1. The Balaban J connectivity index is 1.95. The number of carbonyl (C=O) groups excluding carboxylic acids is 2. The predicted octanol–water partition coefficient (Wildman–Crippen LogP) is 3.22. The number of hydrogen-bond acceptors (Lipinski definition) is 7. The molecule has 3 rings (SSSR count). The van der Waals surface area contributed by atoms with Crippen LogP contribution in [0.2, 0.25) is 0 Å². The summed E-state index contributed by atoms with van der Waals surface area (Å²) < 4.78 is 36.2. The van der Waals surface area contributed by atoms with Crippen molar-refractivity contribution in [3.63, 3.8) is 0 Å². The van der Waals surface area contributed by atoms with Crippen LogP contribution in [0.4, 0.5) is 0 Å². The fourth-order valence-corrected chi connectivity index (χ4v) is 4.87. The number of sulfonamides is 1. The van der Waals surface area contributed by atoms with Crippen LogP contribution >= 0.6 is 11.3 Å². The average Bonchev–Trinajstić information content (AvgIpc) is 3.12. The van der Waals surface area contributed by atoms with Crippen LogP contribution in [0.1, 0.15) is 43.5 Å². The van der Waals surface area contributed by atoms with E-state index in [4.69, 9.17) is 14.6 Å². The number of nitrogens with zero attached hydrogens (tertiary/aromatic N) is 2. The van der Waals surface area contributed by atoms with Crippen molar-refractivity contribution in [2.24, 2.45) is 10.1 Å². The van der Waals surface area contributed by atoms with Gasteiger partial charge in [-0.15, -0.1) is 0 Å². The number of unbranched alkanes of at least 4 members (excludes halogenated alkanes) is 2. The van der Waals surface area contributed by atoms with Gasteiger partial charge in [-0.05, 0) is 55.8 Å². The molecule has 0 spiro atoms. The van der Waals surface area contributed by atoms with Crippen LogP contribution in [-0.4, -0.2) is 38.1 Å². The Morgan fingerprint density at radius 2 is 1.82 bits per heavy atom. The summed E-state index contributed by atoms with van der Waals surface area (Å²) in [6.45, 7) is 4.45. The molecular weight excluding hydrogens is 478 g/mol. The number of thiazole rings is 1. The number of fused-ring (bicyclic) bond motifs is 1. The third-order valence-electron chi connectivity index (χ3n) is 4.89. The van der Waals surface area contributed by atoms with Crippen LogP contribution in [0, 0.1) is 0 Å². The van der Waals surface area contributed by atoms with Crippen molar-refractivity contribution in [1.82, 2.24) is 4.57 Å². The molecule has 0 fully saturated rings. The van der Waals surface area contributed by atoms with Crippen molar-refractivity contribution < 1.29 is 27.5 Å². The van der Waals surface area contributed by atoms with Crippen LogP contribution in [0.15, 0.2) is 52.4 Å². The van der Waals surface area contributed by atoms with Crippen LogP contribution < -0.4 is 14.7 Å². The van der Waals surface area contributed by atoms with E-state index < -0.39 is 21.9 Å². The van der Waals surface area contributed by atoms with Gasteiger partial charge < -0.3 is 14.0 Å². The summed E-state index contributed by atoms with van der Waals surface area (Å²) in [6.07, 6.45) is 3.16. The number of esters is 1. The Kier molecular flexibility index (Phi) is 8.59. The highest BCUT2D eigenvalue weighted by Crippen LogP contribution is 2.22. The summed E-state index contributed by atoms with van der Waals surface area (Å²) in [5.74, 6) is -0.341. The molecule has 0 saturated carbocycles. The molecule has 1 amide bonds. The quantitative estimate of drug-likeness (QED) is 0.333. The number of aromatic nitrogens is 1. The summed E-state index contributed by atoms with van der Waals surface area (Å²) in [7, 11) is -3.91. The smallest absolute Gasteiger partial charge is 0.326 e. The lowest BCUT2D eigenvalue weighted by molar-refractivity contribution is -0.143. The van der Waals surface area contributed by atoms with E-state index in [1.807, 2.05) is 0 Å². The first-order chi connectivity index (χ1) is 16.2. The molecule has 0 saturated heterocycles. The van der Waals surface area contributed by atoms with Crippen LogP contribution in [0.5, 0.6) is 5.75 Å². The zero-order chi connectivity index (χ0) is 24.7. The first-order valence-electron chi connectivity index (χ1n) is 10.9. The van der Waals surface area contributed by atoms with Crippen LogP contribution in [0.25, 0.3) is 10.2 Å². The van der Waals surface area contributed by atoms with Gasteiger partial charge in [0, 0.05) is 5.56 Å². The molecule has 3 aromatic rings. The minimum atomic E-state index is -3.91. The Morgan fingerprint density at radius 3 is 2.47 bits per heavy atom. The number of ether oxygens (including phenoxy) is 2. The molecule has 0 aliphatic carbocycles. The number of primary sulfonamides is 1. The van der Waals surface area contributed by atoms with Gasteiger partial charge >= 0.3 is 5.97 Å². The summed E-state index contributed by atoms with van der Waals surface area (Å²) in [5.41, 5.74) is 0.888. The molecule has 34 heavy (non-hydrogen) atoms. The SMILES string of the molecule is CCCCCOc1ccc(C(=O)N=c2sc3cc(S(N)(=O)=O)ccc3n2CC(=O)OCC)cc1. The van der Waals surface area contributed by atoms with Crippen molar-refractivity contribution in [2.75, 3.05) is 13.2 Å². The molecule has 0 aliphatic rings. The molecular formula is C23H27N3O6S2. The van der Waals surface area contributed by atoms with Gasteiger partial charge in [0.1, 0.15) is 12.3 Å². The second kappa shape index (κ2) is 11.4. The second-order valence-corrected chi connectivity index (χ2v) is 10.0. The van der Waals surface area contributed by atoms with Gasteiger partial charge in [0.15, 0.2) is 4.80 Å². The van der Waals surface area contributed by atoms with Gasteiger partial charge in [0.05, 0.1) is 28.3 Å². The van der Waals surface area contributed by atoms with Gasteiger partial charge in [-0.3, -0.25) is 9.59 Å². The van der Waals surface area contributed by atoms with Crippen molar-refractivity contribution in [1.29, 1.82) is 0 Å². The lowest BCUT2D eigenvalue weighted by Gasteiger charge is -2.06. The highest BCUT2D eigenvalue weighted by atomic mass is 32.2. The highest BCUT2D eigenvalue weighted by Gasteiger charge is 2.16. The number of nitrogens with two attached hydrogens (primary N) is 1. The Bertz CT molecular complexity index is 1340. The topological polar surface area (TPSA) is 130 Å². The molecule has 2 aromatic carbocycles. The lowest BCUT2D eigenvalue weighted by atomic mass is 10.2. The maximum absolute atomic E-state index is 12.8. The highest BCUT2D eigenvalue weighted by molar-refractivity contribution is 7.89. The van der Waals surface area contributed by atoms with Gasteiger partial charge in [-0.2, -0.15) is 4.99 Å². The fourth-order valence-electron chi connectivity index (χ4n) is 3.19. The summed E-state index contributed by atoms with van der Waals surface area (Å²) in [6, 6.07) is 10.9. The van der Waals surface area contributed by atoms with Crippen molar-refractivity contribution in [2.45, 2.75) is 44.6 Å². The van der Waals surface area contributed by atoms with E-state index in [1.165, 1.54) is 22.8 Å². The van der Waals surface area contributed by atoms with Gasteiger partial charge in [-0.25, -0.2) is 13.6 Å². The predicted molar refractivity (Wildman–Crippen MR) is 129 cm³/mol. The molecule has 2 N–H and O–H groups in total. The second-order valence-electron chi connectivity index (χ2n) is 7.45. The summed E-state index contributed by atoms with van der Waals surface area (Å²) >= 11 is 1.08. The largest absolute Gasteiger partial charge is 0.494 e. The molecule has 11 heteroatoms. The van der Waals surface area contributed by atoms with E-state index >= 15 is 0 Å². The number of benzene rings is 2. The van der Waals surface area contributed by atoms with Crippen molar-refractivity contribution >= 4 is 43.5 Å². The molecule has 0 atom stereocenters. The zero-order valence-electron chi connectivity index (χ0n) is 19.0. The Hall–Kier alpha value is -3.02. The fraction of sp³-hybridized carbons (Fsp3) is 0.348. The maximum atomic E-state index is 12.8. The van der Waals surface area contributed by atoms with E-state index in [0.717, 1.165) is 30.6 Å². The number of amides is 1. The molecule has 1 aromatic heterocycles. The normalized spacial score (nSPS) is 12.1. The molecule has 0 unspecified atom stereocenters. The first kappa shape index (κ1) is 25.6. The van der Waals surface area contributed by atoms with E-state index in [9.17, 15) is 18.0 Å². The van der Waals surface area contributed by atoms with Crippen molar-refractivity contribution in [3.05, 3.63) is 52.8 Å². The van der Waals surface area contributed by atoms with Gasteiger partial charge in [-0.1, -0.05) is 31.1 Å². The van der Waals surface area contributed by atoms with E-state index in [2.05, 4.69) is 11.9 Å². The number of carbonyl (C=O) groups is 2. The zero-order valence-corrected chi connectivity index (χ0v) is 20.7. The maximum Gasteiger partial charge on any atom is 0.326 e. The molecule has 9 nitrogen and oxygen atoms in total. The number of rotatable bonds is 10. The first-order valence-corrected chi connectivity index (χ1v) is 13.2. The summed E-state index contributed by atoms with van der Waals surface area (Å²) in [4.78, 5) is 29.4. The molecule has 0 radical (unpaired) electrons.